The van der Waals surface area contributed by atoms with E-state index in [0.717, 1.165) is 16.9 Å². The van der Waals surface area contributed by atoms with Crippen LogP contribution < -0.4 is 11.3 Å². The number of rotatable bonds is 7. The van der Waals surface area contributed by atoms with Gasteiger partial charge in [-0.05, 0) is 31.5 Å². The fourth-order valence-corrected chi connectivity index (χ4v) is 5.82. The first-order valence-electron chi connectivity index (χ1n) is 10.6. The third-order valence-corrected chi connectivity index (χ3v) is 7.42. The first-order chi connectivity index (χ1) is 16.5. The van der Waals surface area contributed by atoms with Gasteiger partial charge < -0.3 is 10.5 Å². The molecule has 1 atom stereocenters. The number of benzene rings is 2. The third-order valence-electron chi connectivity index (χ3n) is 5.40. The number of aromatic nitrogens is 2. The molecule has 4 aromatic rings. The van der Waals surface area contributed by atoms with Gasteiger partial charge in [0.25, 0.3) is 5.56 Å². The number of nitrogens with zero attached hydrogens (tertiary/aromatic N) is 3. The fourth-order valence-electron chi connectivity index (χ4n) is 3.69. The summed E-state index contributed by atoms with van der Waals surface area (Å²) in [6.45, 7) is 3.88. The van der Waals surface area contributed by atoms with Crippen molar-refractivity contribution in [3.63, 3.8) is 0 Å². The molecule has 0 saturated carbocycles. The zero-order valence-corrected chi connectivity index (χ0v) is 20.3. The van der Waals surface area contributed by atoms with Gasteiger partial charge in [0.05, 0.1) is 29.1 Å². The van der Waals surface area contributed by atoms with Crippen LogP contribution in [0.1, 0.15) is 46.3 Å². The predicted octanol–water partition coefficient (Wildman–Crippen LogP) is 4.99. The molecule has 0 amide bonds. The van der Waals surface area contributed by atoms with Crippen LogP contribution >= 0.6 is 23.1 Å². The fraction of sp³-hybridized carbons (Fsp3) is 0.200. The van der Waals surface area contributed by atoms with Crippen LogP contribution in [0.4, 0.5) is 5.00 Å². The lowest BCUT2D eigenvalue weighted by molar-refractivity contribution is 0.0531. The quantitative estimate of drug-likeness (QED) is 0.221. The van der Waals surface area contributed by atoms with E-state index < -0.39 is 5.97 Å². The van der Waals surface area contributed by atoms with E-state index in [1.165, 1.54) is 11.8 Å². The van der Waals surface area contributed by atoms with Crippen molar-refractivity contribution in [1.29, 1.82) is 5.26 Å². The van der Waals surface area contributed by atoms with Crippen molar-refractivity contribution >= 4 is 45.0 Å². The maximum absolute atomic E-state index is 13.5. The summed E-state index contributed by atoms with van der Waals surface area (Å²) in [6, 6.07) is 18.7. The number of nitrogen functional groups attached to an aromatic ring is 1. The van der Waals surface area contributed by atoms with Crippen molar-refractivity contribution in [3.8, 4) is 6.07 Å². The minimum atomic E-state index is -0.516. The standard InChI is InChI=1S/C25H22N4O3S2/c1-3-32-24(31)21-19(18(13-26)22(27)34-21)14-33-25-28-20-12-8-7-11-17(20)23(30)29(25)15(2)16-9-5-4-6-10-16/h4-12,15H,3,14,27H2,1-2H3/t15-/m1/s1. The van der Waals surface area contributed by atoms with E-state index in [-0.39, 0.29) is 34.5 Å². The molecule has 9 heteroatoms. The Morgan fingerprint density at radius 2 is 1.94 bits per heavy atom. The Balaban J connectivity index is 1.81. The van der Waals surface area contributed by atoms with Crippen LogP contribution in [-0.2, 0) is 10.5 Å². The Hall–Kier alpha value is -3.61. The summed E-state index contributed by atoms with van der Waals surface area (Å²) in [5, 5.41) is 10.9. The topological polar surface area (TPSA) is 111 Å². The van der Waals surface area contributed by atoms with E-state index in [1.54, 1.807) is 23.6 Å². The second-order valence-electron chi connectivity index (χ2n) is 7.44. The van der Waals surface area contributed by atoms with Crippen molar-refractivity contribution < 1.29 is 9.53 Å². The molecule has 2 heterocycles. The van der Waals surface area contributed by atoms with E-state index in [4.69, 9.17) is 15.5 Å². The number of thiophene rings is 1. The van der Waals surface area contributed by atoms with Crippen LogP contribution in [0.15, 0.2) is 64.5 Å². The number of thioether (sulfide) groups is 1. The first kappa shape index (κ1) is 23.5. The molecule has 34 heavy (non-hydrogen) atoms. The minimum Gasteiger partial charge on any atom is -0.462 e. The smallest absolute Gasteiger partial charge is 0.348 e. The van der Waals surface area contributed by atoms with E-state index in [0.29, 0.717) is 26.5 Å². The van der Waals surface area contributed by atoms with Crippen LogP contribution in [0.25, 0.3) is 10.9 Å². The normalized spacial score (nSPS) is 11.8. The van der Waals surface area contributed by atoms with Crippen LogP contribution in [0.2, 0.25) is 0 Å². The van der Waals surface area contributed by atoms with Gasteiger partial charge in [-0.2, -0.15) is 5.26 Å². The Morgan fingerprint density at radius 3 is 2.65 bits per heavy atom. The van der Waals surface area contributed by atoms with Gasteiger partial charge in [-0.25, -0.2) is 9.78 Å². The predicted molar refractivity (Wildman–Crippen MR) is 135 cm³/mol. The number of para-hydroxylation sites is 1. The first-order valence-corrected chi connectivity index (χ1v) is 12.4. The number of nitrogens with two attached hydrogens (primary N) is 1. The number of ether oxygens (including phenoxy) is 1. The second-order valence-corrected chi connectivity index (χ2v) is 9.44. The largest absolute Gasteiger partial charge is 0.462 e. The van der Waals surface area contributed by atoms with Crippen molar-refractivity contribution in [2.24, 2.45) is 0 Å². The summed E-state index contributed by atoms with van der Waals surface area (Å²) in [6.07, 6.45) is 0. The number of fused-ring (bicyclic) bond motifs is 1. The lowest BCUT2D eigenvalue weighted by Crippen LogP contribution is -2.27. The molecule has 2 aromatic carbocycles. The number of anilines is 1. The number of hydrogen-bond acceptors (Lipinski definition) is 8. The second kappa shape index (κ2) is 10.1. The van der Waals surface area contributed by atoms with Crippen LogP contribution in [-0.4, -0.2) is 22.1 Å². The molecule has 0 aliphatic rings. The Kier molecular flexibility index (Phi) is 7.01. The number of hydrogen-bond donors (Lipinski definition) is 1. The molecule has 0 radical (unpaired) electrons. The van der Waals surface area contributed by atoms with Gasteiger partial charge in [0.15, 0.2) is 5.16 Å². The van der Waals surface area contributed by atoms with Crippen molar-refractivity contribution in [2.45, 2.75) is 30.8 Å². The van der Waals surface area contributed by atoms with Crippen LogP contribution in [0.5, 0.6) is 0 Å². The van der Waals surface area contributed by atoms with Gasteiger partial charge in [0.2, 0.25) is 0 Å². The monoisotopic (exact) mass is 490 g/mol. The molecule has 0 bridgehead atoms. The number of carbonyl (C=O) groups is 1. The zero-order chi connectivity index (χ0) is 24.2. The molecule has 4 rings (SSSR count). The summed E-state index contributed by atoms with van der Waals surface area (Å²) in [5.41, 5.74) is 8.17. The number of esters is 1. The lowest BCUT2D eigenvalue weighted by Gasteiger charge is -2.20. The summed E-state index contributed by atoms with van der Waals surface area (Å²) in [4.78, 5) is 31.1. The zero-order valence-electron chi connectivity index (χ0n) is 18.6. The van der Waals surface area contributed by atoms with E-state index in [9.17, 15) is 14.9 Å². The number of carbonyl (C=O) groups excluding carboxylic acids is 1. The summed E-state index contributed by atoms with van der Waals surface area (Å²) in [5.74, 6) is -0.283. The maximum atomic E-state index is 13.5. The molecule has 172 valence electrons. The Morgan fingerprint density at radius 1 is 1.24 bits per heavy atom. The van der Waals surface area contributed by atoms with Crippen molar-refractivity contribution in [3.05, 3.63) is 86.5 Å². The van der Waals surface area contributed by atoms with Crippen LogP contribution in [0.3, 0.4) is 0 Å². The highest BCUT2D eigenvalue weighted by molar-refractivity contribution is 7.98. The van der Waals surface area contributed by atoms with Gasteiger partial charge in [-0.3, -0.25) is 9.36 Å². The highest BCUT2D eigenvalue weighted by Gasteiger charge is 2.24. The lowest BCUT2D eigenvalue weighted by atomic mass is 10.1. The molecule has 0 unspecified atom stereocenters. The molecular formula is C25H22N4O3S2. The Bertz CT molecular complexity index is 1460. The van der Waals surface area contributed by atoms with E-state index >= 15 is 0 Å². The third kappa shape index (κ3) is 4.42. The highest BCUT2D eigenvalue weighted by atomic mass is 32.2. The van der Waals surface area contributed by atoms with Crippen molar-refractivity contribution in [1.82, 2.24) is 9.55 Å². The van der Waals surface area contributed by atoms with Gasteiger partial charge in [0, 0.05) is 11.3 Å². The molecule has 2 N–H and O–H groups in total. The summed E-state index contributed by atoms with van der Waals surface area (Å²) < 4.78 is 6.82. The molecule has 0 aliphatic carbocycles. The van der Waals surface area contributed by atoms with E-state index in [1.807, 2.05) is 49.4 Å². The van der Waals surface area contributed by atoms with Gasteiger partial charge in [0.1, 0.15) is 15.9 Å². The summed E-state index contributed by atoms with van der Waals surface area (Å²) in [7, 11) is 0. The maximum Gasteiger partial charge on any atom is 0.348 e. The summed E-state index contributed by atoms with van der Waals surface area (Å²) >= 11 is 2.33. The molecule has 2 aromatic heterocycles. The average molecular weight is 491 g/mol. The van der Waals surface area contributed by atoms with Gasteiger partial charge in [-0.15, -0.1) is 11.3 Å². The van der Waals surface area contributed by atoms with Gasteiger partial charge in [-0.1, -0.05) is 54.2 Å². The van der Waals surface area contributed by atoms with E-state index in [2.05, 4.69) is 6.07 Å². The SMILES string of the molecule is CCOC(=O)c1sc(N)c(C#N)c1CSc1nc2ccccc2c(=O)n1[C@H](C)c1ccccc1. The number of nitriles is 1. The molecule has 0 saturated heterocycles. The van der Waals surface area contributed by atoms with Crippen LogP contribution in [0, 0.1) is 11.3 Å². The molecular weight excluding hydrogens is 468 g/mol. The average Bonchev–Trinajstić information content (AvgIpc) is 3.18. The minimum absolute atomic E-state index is 0.152. The molecule has 0 aliphatic heterocycles. The molecule has 0 spiro atoms. The Labute approximate surface area is 204 Å². The molecule has 7 nitrogen and oxygen atoms in total. The van der Waals surface area contributed by atoms with Gasteiger partial charge >= 0.3 is 5.97 Å². The molecule has 0 fully saturated rings. The highest BCUT2D eigenvalue weighted by Crippen LogP contribution is 2.36. The van der Waals surface area contributed by atoms with Crippen molar-refractivity contribution in [2.75, 3.05) is 12.3 Å².